The Kier molecular flexibility index (Phi) is 5.14. The molecular weight excluding hydrogens is 425 g/mol. The van der Waals surface area contributed by atoms with Crippen LogP contribution in [0.2, 0.25) is 0 Å². The number of fused-ring (bicyclic) bond motifs is 1. The quantitative estimate of drug-likeness (QED) is 0.436. The van der Waals surface area contributed by atoms with E-state index in [9.17, 15) is 13.2 Å². The van der Waals surface area contributed by atoms with Gasteiger partial charge in [0.25, 0.3) is 0 Å². The van der Waals surface area contributed by atoms with Crippen LogP contribution in [0.4, 0.5) is 18.9 Å². The first kappa shape index (κ1) is 19.2. The molecule has 0 unspecified atom stereocenters. The third kappa shape index (κ3) is 4.08. The summed E-state index contributed by atoms with van der Waals surface area (Å²) in [7, 11) is 5.27. The summed E-state index contributed by atoms with van der Waals surface area (Å²) >= 11 is 3.45. The van der Waals surface area contributed by atoms with Gasteiger partial charge in [-0.25, -0.2) is 0 Å². The topological polar surface area (TPSA) is 42.7 Å². The van der Waals surface area contributed by atoms with E-state index in [-0.39, 0.29) is 5.75 Å². The molecule has 0 aliphatic rings. The molecule has 0 fully saturated rings. The third-order valence-electron chi connectivity index (χ3n) is 4.01. The Morgan fingerprint density at radius 3 is 2.44 bits per heavy atom. The van der Waals surface area contributed by atoms with Crippen molar-refractivity contribution in [1.82, 2.24) is 9.78 Å². The summed E-state index contributed by atoms with van der Waals surface area (Å²) in [4.78, 5) is 6.11. The van der Waals surface area contributed by atoms with E-state index >= 15 is 0 Å². The lowest BCUT2D eigenvalue weighted by atomic mass is 10.2. The van der Waals surface area contributed by atoms with E-state index in [0.29, 0.717) is 17.2 Å². The SMILES string of the molecule is C/N=C(/c1nn(C)c2cc(Br)ccc12)N(C)c1ccc(OC(F)(F)F)cc1. The molecule has 0 spiro atoms. The van der Waals surface area contributed by atoms with Crippen molar-refractivity contribution in [2.45, 2.75) is 6.36 Å². The standard InChI is InChI=1S/C18H16BrF3N4O/c1-23-17(16-14-9-4-11(19)10-15(14)26(3)24-16)25(2)12-5-7-13(8-6-12)27-18(20,21)22/h4-10H,1-3H3/b23-17-. The van der Waals surface area contributed by atoms with E-state index in [1.165, 1.54) is 24.3 Å². The summed E-state index contributed by atoms with van der Waals surface area (Å²) in [5, 5.41) is 5.49. The fourth-order valence-electron chi connectivity index (χ4n) is 2.80. The van der Waals surface area contributed by atoms with Crippen LogP contribution in [0.5, 0.6) is 5.75 Å². The number of nitrogens with zero attached hydrogens (tertiary/aromatic N) is 4. The van der Waals surface area contributed by atoms with E-state index in [0.717, 1.165) is 15.4 Å². The van der Waals surface area contributed by atoms with Crippen molar-refractivity contribution in [3.63, 3.8) is 0 Å². The Balaban J connectivity index is 1.95. The zero-order valence-corrected chi connectivity index (χ0v) is 16.3. The van der Waals surface area contributed by atoms with Gasteiger partial charge in [-0.2, -0.15) is 5.10 Å². The summed E-state index contributed by atoms with van der Waals surface area (Å²) in [5.41, 5.74) is 2.27. The largest absolute Gasteiger partial charge is 0.573 e. The second-order valence-corrected chi connectivity index (χ2v) is 6.70. The van der Waals surface area contributed by atoms with Crippen molar-refractivity contribution in [3.8, 4) is 5.75 Å². The number of aliphatic imine (C=N–C) groups is 1. The molecule has 0 aliphatic heterocycles. The van der Waals surface area contributed by atoms with Gasteiger partial charge in [0.15, 0.2) is 5.84 Å². The van der Waals surface area contributed by atoms with E-state index in [1.807, 2.05) is 25.2 Å². The van der Waals surface area contributed by atoms with Gasteiger partial charge in [-0.3, -0.25) is 9.67 Å². The van der Waals surface area contributed by atoms with Crippen LogP contribution < -0.4 is 9.64 Å². The number of ether oxygens (including phenoxy) is 1. The molecule has 1 heterocycles. The van der Waals surface area contributed by atoms with Gasteiger partial charge in [-0.15, -0.1) is 13.2 Å². The van der Waals surface area contributed by atoms with Crippen LogP contribution in [0, 0.1) is 0 Å². The van der Waals surface area contributed by atoms with Crippen LogP contribution in [0.25, 0.3) is 10.9 Å². The normalized spacial score (nSPS) is 12.5. The van der Waals surface area contributed by atoms with Crippen LogP contribution in [0.15, 0.2) is 51.9 Å². The van der Waals surface area contributed by atoms with Gasteiger partial charge in [0.05, 0.1) is 5.52 Å². The third-order valence-corrected chi connectivity index (χ3v) is 4.51. The Hall–Kier alpha value is -2.55. The summed E-state index contributed by atoms with van der Waals surface area (Å²) < 4.78 is 43.6. The van der Waals surface area contributed by atoms with Gasteiger partial charge in [0.1, 0.15) is 11.4 Å². The lowest BCUT2D eigenvalue weighted by molar-refractivity contribution is -0.274. The van der Waals surface area contributed by atoms with Gasteiger partial charge < -0.3 is 9.64 Å². The highest BCUT2D eigenvalue weighted by Gasteiger charge is 2.31. The lowest BCUT2D eigenvalue weighted by Gasteiger charge is -2.20. The molecule has 0 radical (unpaired) electrons. The number of rotatable bonds is 3. The Morgan fingerprint density at radius 2 is 1.85 bits per heavy atom. The number of benzene rings is 2. The highest BCUT2D eigenvalue weighted by atomic mass is 79.9. The molecule has 27 heavy (non-hydrogen) atoms. The van der Waals surface area contributed by atoms with E-state index in [4.69, 9.17) is 0 Å². The molecule has 5 nitrogen and oxygen atoms in total. The monoisotopic (exact) mass is 440 g/mol. The predicted octanol–water partition coefficient (Wildman–Crippen LogP) is 4.75. The maximum absolute atomic E-state index is 12.3. The zero-order chi connectivity index (χ0) is 19.8. The minimum absolute atomic E-state index is 0.275. The average molecular weight is 441 g/mol. The van der Waals surface area contributed by atoms with Crippen molar-refractivity contribution in [2.24, 2.45) is 12.0 Å². The fourth-order valence-corrected chi connectivity index (χ4v) is 3.15. The van der Waals surface area contributed by atoms with Crippen LogP contribution in [0.1, 0.15) is 5.69 Å². The number of hydrogen-bond acceptors (Lipinski definition) is 3. The highest BCUT2D eigenvalue weighted by Crippen LogP contribution is 2.27. The lowest BCUT2D eigenvalue weighted by Crippen LogP contribution is -2.28. The molecule has 0 saturated carbocycles. The van der Waals surface area contributed by atoms with Crippen molar-refractivity contribution in [2.75, 3.05) is 19.0 Å². The Labute approximate surface area is 162 Å². The molecule has 0 bridgehead atoms. The average Bonchev–Trinajstić information content (AvgIpc) is 2.91. The molecule has 3 aromatic rings. The van der Waals surface area contributed by atoms with Crippen molar-refractivity contribution >= 4 is 38.4 Å². The summed E-state index contributed by atoms with van der Waals surface area (Å²) in [6.07, 6.45) is -4.72. The van der Waals surface area contributed by atoms with Gasteiger partial charge in [-0.05, 0) is 42.5 Å². The number of alkyl halides is 3. The molecule has 2 aromatic carbocycles. The molecule has 142 valence electrons. The first-order chi connectivity index (χ1) is 12.7. The molecule has 0 N–H and O–H groups in total. The van der Waals surface area contributed by atoms with Crippen molar-refractivity contribution < 1.29 is 17.9 Å². The molecule has 0 saturated heterocycles. The van der Waals surface area contributed by atoms with Crippen molar-refractivity contribution in [3.05, 3.63) is 52.6 Å². The van der Waals surface area contributed by atoms with Crippen LogP contribution in [-0.4, -0.2) is 36.1 Å². The van der Waals surface area contributed by atoms with Crippen LogP contribution >= 0.6 is 15.9 Å². The maximum atomic E-state index is 12.3. The zero-order valence-electron chi connectivity index (χ0n) is 14.8. The van der Waals surface area contributed by atoms with E-state index in [1.54, 1.807) is 23.7 Å². The number of hydrogen-bond donors (Lipinski definition) is 0. The second kappa shape index (κ2) is 7.22. The highest BCUT2D eigenvalue weighted by molar-refractivity contribution is 9.10. The first-order valence-corrected chi connectivity index (χ1v) is 8.68. The van der Waals surface area contributed by atoms with Gasteiger partial charge in [0.2, 0.25) is 0 Å². The minimum atomic E-state index is -4.72. The first-order valence-electron chi connectivity index (χ1n) is 7.88. The minimum Gasteiger partial charge on any atom is -0.406 e. The summed E-state index contributed by atoms with van der Waals surface area (Å²) in [5.74, 6) is 0.315. The molecule has 3 rings (SSSR count). The van der Waals surface area contributed by atoms with Gasteiger partial charge >= 0.3 is 6.36 Å². The molecule has 0 atom stereocenters. The van der Waals surface area contributed by atoms with Crippen LogP contribution in [0.3, 0.4) is 0 Å². The van der Waals surface area contributed by atoms with Crippen molar-refractivity contribution in [1.29, 1.82) is 0 Å². The van der Waals surface area contributed by atoms with E-state index < -0.39 is 6.36 Å². The van der Waals surface area contributed by atoms with Gasteiger partial charge in [0, 0.05) is 36.7 Å². The number of anilines is 1. The second-order valence-electron chi connectivity index (χ2n) is 5.78. The molecule has 1 aromatic heterocycles. The molecule has 0 amide bonds. The van der Waals surface area contributed by atoms with Crippen LogP contribution in [-0.2, 0) is 7.05 Å². The van der Waals surface area contributed by atoms with E-state index in [2.05, 4.69) is 30.8 Å². The number of amidine groups is 1. The fraction of sp³-hybridized carbons (Fsp3) is 0.222. The maximum Gasteiger partial charge on any atom is 0.573 e. The predicted molar refractivity (Wildman–Crippen MR) is 102 cm³/mol. The Morgan fingerprint density at radius 1 is 1.19 bits per heavy atom. The number of aryl methyl sites for hydroxylation is 1. The summed E-state index contributed by atoms with van der Waals surface area (Å²) in [6.45, 7) is 0. The molecule has 9 heteroatoms. The molecular formula is C18H16BrF3N4O. The summed E-state index contributed by atoms with van der Waals surface area (Å²) in [6, 6.07) is 11.4. The smallest absolute Gasteiger partial charge is 0.406 e. The van der Waals surface area contributed by atoms with Gasteiger partial charge in [-0.1, -0.05) is 15.9 Å². The Bertz CT molecular complexity index is 996. The number of halogens is 4. The molecule has 0 aliphatic carbocycles. The number of aromatic nitrogens is 2.